The van der Waals surface area contributed by atoms with Crippen LogP contribution in [-0.4, -0.2) is 14.8 Å². The van der Waals surface area contributed by atoms with Gasteiger partial charge in [0.2, 0.25) is 0 Å². The molecule has 0 saturated heterocycles. The summed E-state index contributed by atoms with van der Waals surface area (Å²) in [6.07, 6.45) is 1.59. The van der Waals surface area contributed by atoms with Gasteiger partial charge in [-0.1, -0.05) is 11.6 Å². The molecule has 2 aromatic rings. The van der Waals surface area contributed by atoms with Gasteiger partial charge in [0, 0.05) is 10.9 Å². The Morgan fingerprint density at radius 1 is 1.44 bits per heavy atom. The zero-order valence-corrected chi connectivity index (χ0v) is 11.9. The maximum absolute atomic E-state index is 5.98. The highest BCUT2D eigenvalue weighted by Crippen LogP contribution is 2.28. The standard InChI is InChI=1S/C12H15ClN4S/c1-8(2)17-12(15-7-16-17)6-18-9-3-4-11(14)10(13)5-9/h3-5,7-8H,6,14H2,1-2H3. The highest BCUT2D eigenvalue weighted by molar-refractivity contribution is 7.98. The zero-order chi connectivity index (χ0) is 13.1. The highest BCUT2D eigenvalue weighted by atomic mass is 35.5. The van der Waals surface area contributed by atoms with Gasteiger partial charge in [-0.15, -0.1) is 11.8 Å². The molecule has 0 amide bonds. The van der Waals surface area contributed by atoms with Gasteiger partial charge in [0.15, 0.2) is 0 Å². The highest BCUT2D eigenvalue weighted by Gasteiger charge is 2.08. The van der Waals surface area contributed by atoms with E-state index in [-0.39, 0.29) is 0 Å². The van der Waals surface area contributed by atoms with Gasteiger partial charge in [0.05, 0.1) is 16.5 Å². The van der Waals surface area contributed by atoms with E-state index in [1.165, 1.54) is 0 Å². The molecular formula is C12H15ClN4S. The number of rotatable bonds is 4. The first-order valence-electron chi connectivity index (χ1n) is 5.64. The average molecular weight is 283 g/mol. The third kappa shape index (κ3) is 2.97. The van der Waals surface area contributed by atoms with Crippen LogP contribution >= 0.6 is 23.4 Å². The van der Waals surface area contributed by atoms with E-state index in [9.17, 15) is 0 Å². The van der Waals surface area contributed by atoms with Crippen LogP contribution in [0.25, 0.3) is 0 Å². The number of hydrogen-bond donors (Lipinski definition) is 1. The molecule has 6 heteroatoms. The Balaban J connectivity index is 2.07. The number of nitrogens with zero attached hydrogens (tertiary/aromatic N) is 3. The van der Waals surface area contributed by atoms with E-state index in [4.69, 9.17) is 17.3 Å². The molecule has 0 aliphatic carbocycles. The fourth-order valence-electron chi connectivity index (χ4n) is 1.55. The van der Waals surface area contributed by atoms with Gasteiger partial charge in [0.25, 0.3) is 0 Å². The molecule has 96 valence electrons. The molecule has 0 aliphatic heterocycles. The average Bonchev–Trinajstić information content (AvgIpc) is 2.79. The Hall–Kier alpha value is -1.20. The Bertz CT molecular complexity index is 539. The van der Waals surface area contributed by atoms with Crippen molar-refractivity contribution >= 4 is 29.1 Å². The second kappa shape index (κ2) is 5.63. The summed E-state index contributed by atoms with van der Waals surface area (Å²) in [6.45, 7) is 4.17. The fraction of sp³-hybridized carbons (Fsp3) is 0.333. The number of nitrogens with two attached hydrogens (primary N) is 1. The van der Waals surface area contributed by atoms with Crippen LogP contribution in [0.5, 0.6) is 0 Å². The van der Waals surface area contributed by atoms with Crippen LogP contribution in [0, 0.1) is 0 Å². The van der Waals surface area contributed by atoms with Gasteiger partial charge < -0.3 is 5.73 Å². The first-order chi connectivity index (χ1) is 8.58. The van der Waals surface area contributed by atoms with E-state index in [1.54, 1.807) is 18.1 Å². The molecule has 0 atom stereocenters. The molecule has 1 heterocycles. The van der Waals surface area contributed by atoms with E-state index in [0.717, 1.165) is 16.5 Å². The molecular weight excluding hydrogens is 268 g/mol. The first kappa shape index (κ1) is 13.2. The van der Waals surface area contributed by atoms with Gasteiger partial charge in [-0.2, -0.15) is 5.10 Å². The van der Waals surface area contributed by atoms with Crippen LogP contribution in [0.1, 0.15) is 25.7 Å². The molecule has 1 aromatic heterocycles. The van der Waals surface area contributed by atoms with Gasteiger partial charge in [0.1, 0.15) is 12.2 Å². The third-order valence-corrected chi connectivity index (χ3v) is 3.79. The van der Waals surface area contributed by atoms with E-state index in [1.807, 2.05) is 22.9 Å². The predicted molar refractivity (Wildman–Crippen MR) is 75.8 cm³/mol. The third-order valence-electron chi connectivity index (χ3n) is 2.48. The minimum absolute atomic E-state index is 0.318. The molecule has 2 rings (SSSR count). The fourth-order valence-corrected chi connectivity index (χ4v) is 2.67. The van der Waals surface area contributed by atoms with Crippen molar-refractivity contribution in [2.24, 2.45) is 0 Å². The first-order valence-corrected chi connectivity index (χ1v) is 7.00. The van der Waals surface area contributed by atoms with Crippen LogP contribution in [0.15, 0.2) is 29.4 Å². The number of thioether (sulfide) groups is 1. The van der Waals surface area contributed by atoms with Crippen molar-refractivity contribution in [1.82, 2.24) is 14.8 Å². The van der Waals surface area contributed by atoms with Gasteiger partial charge >= 0.3 is 0 Å². The van der Waals surface area contributed by atoms with Gasteiger partial charge in [-0.05, 0) is 32.0 Å². The van der Waals surface area contributed by atoms with Gasteiger partial charge in [-0.25, -0.2) is 9.67 Å². The van der Waals surface area contributed by atoms with Crippen molar-refractivity contribution < 1.29 is 0 Å². The minimum atomic E-state index is 0.318. The molecule has 2 N–H and O–H groups in total. The van der Waals surface area contributed by atoms with Crippen LogP contribution < -0.4 is 5.73 Å². The predicted octanol–water partition coefficient (Wildman–Crippen LogP) is 3.39. The van der Waals surface area contributed by atoms with Crippen LogP contribution in [0.2, 0.25) is 5.02 Å². The maximum atomic E-state index is 5.98. The number of benzene rings is 1. The molecule has 18 heavy (non-hydrogen) atoms. The van der Waals surface area contributed by atoms with E-state index in [2.05, 4.69) is 23.9 Å². The van der Waals surface area contributed by atoms with Crippen molar-refractivity contribution in [3.63, 3.8) is 0 Å². The largest absolute Gasteiger partial charge is 0.398 e. The number of halogens is 1. The topological polar surface area (TPSA) is 56.7 Å². The van der Waals surface area contributed by atoms with E-state index in [0.29, 0.717) is 16.8 Å². The molecule has 0 spiro atoms. The summed E-state index contributed by atoms with van der Waals surface area (Å²) in [7, 11) is 0. The number of nitrogen functional groups attached to an aromatic ring is 1. The molecule has 4 nitrogen and oxygen atoms in total. The lowest BCUT2D eigenvalue weighted by Gasteiger charge is -2.09. The van der Waals surface area contributed by atoms with Crippen molar-refractivity contribution in [2.45, 2.75) is 30.5 Å². The zero-order valence-electron chi connectivity index (χ0n) is 10.3. The lowest BCUT2D eigenvalue weighted by atomic mass is 10.3. The molecule has 0 aliphatic rings. The molecule has 0 radical (unpaired) electrons. The second-order valence-corrected chi connectivity index (χ2v) is 5.64. The number of hydrogen-bond acceptors (Lipinski definition) is 4. The summed E-state index contributed by atoms with van der Waals surface area (Å²) >= 11 is 7.65. The summed E-state index contributed by atoms with van der Waals surface area (Å²) < 4.78 is 1.92. The minimum Gasteiger partial charge on any atom is -0.398 e. The lowest BCUT2D eigenvalue weighted by Crippen LogP contribution is -2.07. The van der Waals surface area contributed by atoms with Crippen LogP contribution in [0.4, 0.5) is 5.69 Å². The SMILES string of the molecule is CC(C)n1ncnc1CSc1ccc(N)c(Cl)c1. The van der Waals surface area contributed by atoms with Crippen molar-refractivity contribution in [3.8, 4) is 0 Å². The Morgan fingerprint density at radius 3 is 2.89 bits per heavy atom. The number of anilines is 1. The number of aromatic nitrogens is 3. The maximum Gasteiger partial charge on any atom is 0.138 e. The summed E-state index contributed by atoms with van der Waals surface area (Å²) in [5, 5.41) is 4.79. The molecule has 0 saturated carbocycles. The molecule has 0 fully saturated rings. The van der Waals surface area contributed by atoms with Crippen molar-refractivity contribution in [2.75, 3.05) is 5.73 Å². The lowest BCUT2D eigenvalue weighted by molar-refractivity contribution is 0.514. The smallest absolute Gasteiger partial charge is 0.138 e. The van der Waals surface area contributed by atoms with E-state index < -0.39 is 0 Å². The Labute approximate surface area is 116 Å². The second-order valence-electron chi connectivity index (χ2n) is 4.19. The Morgan fingerprint density at radius 2 is 2.22 bits per heavy atom. The summed E-state index contributed by atoms with van der Waals surface area (Å²) in [5.74, 6) is 1.72. The monoisotopic (exact) mass is 282 g/mol. The van der Waals surface area contributed by atoms with Crippen LogP contribution in [-0.2, 0) is 5.75 Å². The molecule has 0 bridgehead atoms. The van der Waals surface area contributed by atoms with Crippen LogP contribution in [0.3, 0.4) is 0 Å². The molecule has 1 aromatic carbocycles. The summed E-state index contributed by atoms with van der Waals surface area (Å²) in [4.78, 5) is 5.34. The molecule has 0 unspecified atom stereocenters. The Kier molecular flexibility index (Phi) is 4.14. The van der Waals surface area contributed by atoms with Crippen molar-refractivity contribution in [3.05, 3.63) is 35.4 Å². The normalized spacial score (nSPS) is 11.1. The summed E-state index contributed by atoms with van der Waals surface area (Å²) in [6, 6.07) is 5.97. The van der Waals surface area contributed by atoms with Gasteiger partial charge in [-0.3, -0.25) is 0 Å². The van der Waals surface area contributed by atoms with Crippen molar-refractivity contribution in [1.29, 1.82) is 0 Å². The quantitative estimate of drug-likeness (QED) is 0.690. The van der Waals surface area contributed by atoms with E-state index >= 15 is 0 Å². The summed E-state index contributed by atoms with van der Waals surface area (Å²) in [5.41, 5.74) is 6.28.